The Morgan fingerprint density at radius 3 is 2.58 bits per heavy atom. The number of hydrogen-bond donors (Lipinski definition) is 2. The van der Waals surface area contributed by atoms with Crippen molar-refractivity contribution < 1.29 is 9.90 Å². The van der Waals surface area contributed by atoms with Gasteiger partial charge in [-0.1, -0.05) is 48.5 Å². The first kappa shape index (κ1) is 18.5. The number of aliphatic hydroxyl groups excluding tert-OH is 1. The Bertz CT molecular complexity index is 894. The molecule has 3 aromatic rings. The average molecular weight is 365 g/mol. The minimum atomic E-state index is -0.413. The molecule has 2 N–H and O–H groups in total. The van der Waals surface area contributed by atoms with Crippen molar-refractivity contribution in [3.8, 4) is 0 Å². The van der Waals surface area contributed by atoms with Gasteiger partial charge in [-0.2, -0.15) is 0 Å². The fourth-order valence-electron chi connectivity index (χ4n) is 2.95. The normalized spacial score (nSPS) is 12.1. The van der Waals surface area contributed by atoms with Gasteiger partial charge in [0.05, 0.1) is 6.10 Å². The van der Waals surface area contributed by atoms with Gasteiger partial charge in [-0.25, -0.2) is 0 Å². The molecule has 0 radical (unpaired) electrons. The molecule has 0 saturated carbocycles. The maximum absolute atomic E-state index is 11.9. The van der Waals surface area contributed by atoms with Crippen molar-refractivity contribution in [1.82, 2.24) is 5.32 Å². The lowest BCUT2D eigenvalue weighted by Crippen LogP contribution is -2.20. The van der Waals surface area contributed by atoms with Crippen LogP contribution < -0.4 is 5.32 Å². The molecule has 0 aromatic heterocycles. The topological polar surface area (TPSA) is 49.3 Å². The molecule has 3 aromatic carbocycles. The van der Waals surface area contributed by atoms with Crippen molar-refractivity contribution in [1.29, 1.82) is 0 Å². The number of amides is 1. The lowest BCUT2D eigenvalue weighted by molar-refractivity contribution is 0.0961. The van der Waals surface area contributed by atoms with Crippen molar-refractivity contribution in [2.75, 3.05) is 12.8 Å². The second kappa shape index (κ2) is 8.88. The number of benzene rings is 3. The van der Waals surface area contributed by atoms with Crippen LogP contribution in [0.3, 0.4) is 0 Å². The summed E-state index contributed by atoms with van der Waals surface area (Å²) in [5, 5.41) is 15.5. The average Bonchev–Trinajstić information content (AvgIpc) is 2.70. The Kier molecular flexibility index (Phi) is 6.31. The molecule has 0 aliphatic heterocycles. The molecule has 1 atom stereocenters. The van der Waals surface area contributed by atoms with Gasteiger partial charge in [0, 0.05) is 23.3 Å². The third kappa shape index (κ3) is 4.65. The first-order valence-corrected chi connectivity index (χ1v) is 9.75. The third-order valence-corrected chi connectivity index (χ3v) is 5.54. The number of carbonyl (C=O) groups is 1. The van der Waals surface area contributed by atoms with E-state index in [1.807, 2.05) is 36.4 Å². The van der Waals surface area contributed by atoms with Crippen LogP contribution in [0.1, 0.15) is 22.3 Å². The number of rotatable bonds is 7. The number of carbonyl (C=O) groups excluding carboxylic acids is 1. The molecule has 26 heavy (non-hydrogen) atoms. The van der Waals surface area contributed by atoms with Crippen LogP contribution in [0.4, 0.5) is 0 Å². The summed E-state index contributed by atoms with van der Waals surface area (Å²) in [6.07, 6.45) is 0.904. The van der Waals surface area contributed by atoms with Gasteiger partial charge in [-0.05, 0) is 47.4 Å². The van der Waals surface area contributed by atoms with Crippen LogP contribution in [0.25, 0.3) is 10.8 Å². The zero-order valence-corrected chi connectivity index (χ0v) is 15.6. The Labute approximate surface area is 158 Å². The standard InChI is InChI=1S/C22H23NO2S/c1-23-22(25)21-9-5-4-7-17(21)10-12-19(24)15-26-20-13-11-16-6-2-3-8-18(16)14-20/h2-9,11,13-14,19,24H,10,12,15H2,1H3,(H,23,25). The van der Waals surface area contributed by atoms with Crippen molar-refractivity contribution in [3.05, 3.63) is 77.9 Å². The first-order chi connectivity index (χ1) is 12.7. The summed E-state index contributed by atoms with van der Waals surface area (Å²) in [6, 6.07) is 22.2. The van der Waals surface area contributed by atoms with E-state index in [0.29, 0.717) is 24.2 Å². The molecule has 0 bridgehead atoms. The highest BCUT2D eigenvalue weighted by molar-refractivity contribution is 7.99. The highest BCUT2D eigenvalue weighted by atomic mass is 32.2. The van der Waals surface area contributed by atoms with E-state index in [-0.39, 0.29) is 5.91 Å². The largest absolute Gasteiger partial charge is 0.392 e. The number of fused-ring (bicyclic) bond motifs is 1. The summed E-state index contributed by atoms with van der Waals surface area (Å²) >= 11 is 1.66. The fourth-order valence-corrected chi connectivity index (χ4v) is 3.88. The molecular weight excluding hydrogens is 342 g/mol. The molecule has 0 heterocycles. The molecule has 0 aliphatic rings. The van der Waals surface area contributed by atoms with Crippen molar-refractivity contribution in [3.63, 3.8) is 0 Å². The van der Waals surface area contributed by atoms with Crippen LogP contribution in [0.15, 0.2) is 71.6 Å². The maximum atomic E-state index is 11.9. The third-order valence-electron chi connectivity index (χ3n) is 4.40. The Balaban J connectivity index is 1.56. The molecule has 3 rings (SSSR count). The Morgan fingerprint density at radius 2 is 1.77 bits per heavy atom. The monoisotopic (exact) mass is 365 g/mol. The van der Waals surface area contributed by atoms with Crippen LogP contribution in [-0.2, 0) is 6.42 Å². The Hall–Kier alpha value is -2.30. The summed E-state index contributed by atoms with van der Waals surface area (Å²) in [6.45, 7) is 0. The van der Waals surface area contributed by atoms with Crippen LogP contribution in [-0.4, -0.2) is 29.9 Å². The Morgan fingerprint density at radius 1 is 1.04 bits per heavy atom. The number of aliphatic hydroxyl groups is 1. The molecule has 4 heteroatoms. The van der Waals surface area contributed by atoms with Gasteiger partial charge in [0.2, 0.25) is 0 Å². The van der Waals surface area contributed by atoms with Crippen molar-refractivity contribution >= 4 is 28.4 Å². The van der Waals surface area contributed by atoms with E-state index in [9.17, 15) is 9.90 Å². The smallest absolute Gasteiger partial charge is 0.251 e. The van der Waals surface area contributed by atoms with Gasteiger partial charge in [0.25, 0.3) is 5.91 Å². The molecule has 0 aliphatic carbocycles. The van der Waals surface area contributed by atoms with Gasteiger partial charge in [-0.3, -0.25) is 4.79 Å². The highest BCUT2D eigenvalue weighted by Crippen LogP contribution is 2.25. The molecule has 0 fully saturated rings. The number of thioether (sulfide) groups is 1. The van der Waals surface area contributed by atoms with Crippen LogP contribution >= 0.6 is 11.8 Å². The molecule has 0 spiro atoms. The van der Waals surface area contributed by atoms with Gasteiger partial charge >= 0.3 is 0 Å². The van der Waals surface area contributed by atoms with Crippen molar-refractivity contribution in [2.45, 2.75) is 23.8 Å². The molecule has 1 amide bonds. The molecular formula is C22H23NO2S. The summed E-state index contributed by atoms with van der Waals surface area (Å²) < 4.78 is 0. The lowest BCUT2D eigenvalue weighted by Gasteiger charge is -2.12. The summed E-state index contributed by atoms with van der Waals surface area (Å²) in [7, 11) is 1.63. The number of nitrogens with one attached hydrogen (secondary N) is 1. The van der Waals surface area contributed by atoms with Crippen LogP contribution in [0.5, 0.6) is 0 Å². The molecule has 134 valence electrons. The zero-order valence-electron chi connectivity index (χ0n) is 14.8. The van der Waals surface area contributed by atoms with Crippen LogP contribution in [0, 0.1) is 0 Å². The quantitative estimate of drug-likeness (QED) is 0.614. The molecule has 3 nitrogen and oxygen atoms in total. The molecule has 0 saturated heterocycles. The van der Waals surface area contributed by atoms with Gasteiger partial charge in [0.15, 0.2) is 0 Å². The van der Waals surface area contributed by atoms with E-state index in [4.69, 9.17) is 0 Å². The van der Waals surface area contributed by atoms with Gasteiger partial charge in [0.1, 0.15) is 0 Å². The van der Waals surface area contributed by atoms with E-state index in [0.717, 1.165) is 10.5 Å². The van der Waals surface area contributed by atoms with E-state index in [2.05, 4.69) is 35.6 Å². The SMILES string of the molecule is CNC(=O)c1ccccc1CCC(O)CSc1ccc2ccccc2c1. The lowest BCUT2D eigenvalue weighted by atomic mass is 10.0. The van der Waals surface area contributed by atoms with Crippen molar-refractivity contribution in [2.24, 2.45) is 0 Å². The van der Waals surface area contributed by atoms with E-state index >= 15 is 0 Å². The second-order valence-corrected chi connectivity index (χ2v) is 7.34. The zero-order chi connectivity index (χ0) is 18.4. The predicted octanol–water partition coefficient (Wildman–Crippen LogP) is 4.29. The van der Waals surface area contributed by atoms with E-state index in [1.165, 1.54) is 10.8 Å². The summed E-state index contributed by atoms with van der Waals surface area (Å²) in [4.78, 5) is 13.1. The van der Waals surface area contributed by atoms with Gasteiger partial charge < -0.3 is 10.4 Å². The molecule has 1 unspecified atom stereocenters. The van der Waals surface area contributed by atoms with E-state index in [1.54, 1.807) is 18.8 Å². The minimum Gasteiger partial charge on any atom is -0.392 e. The maximum Gasteiger partial charge on any atom is 0.251 e. The van der Waals surface area contributed by atoms with Gasteiger partial charge in [-0.15, -0.1) is 11.8 Å². The fraction of sp³-hybridized carbons (Fsp3) is 0.227. The second-order valence-electron chi connectivity index (χ2n) is 6.25. The number of aryl methyl sites for hydroxylation is 1. The summed E-state index contributed by atoms with van der Waals surface area (Å²) in [5.74, 6) is 0.557. The first-order valence-electron chi connectivity index (χ1n) is 8.77. The predicted molar refractivity (Wildman–Crippen MR) is 109 cm³/mol. The minimum absolute atomic E-state index is 0.0828. The number of hydrogen-bond acceptors (Lipinski definition) is 3. The highest BCUT2D eigenvalue weighted by Gasteiger charge is 2.11. The van der Waals surface area contributed by atoms with E-state index < -0.39 is 6.10 Å². The summed E-state index contributed by atoms with van der Waals surface area (Å²) in [5.41, 5.74) is 1.66. The van der Waals surface area contributed by atoms with Crippen LogP contribution in [0.2, 0.25) is 0 Å².